The minimum atomic E-state index is -0.0881. The number of aromatic nitrogens is 1. The SMILES string of the molecule is O=C(c1noc2ccccc12)N1CCC(Oc2ccc(Cl)cc2)CC1. The van der Waals surface area contributed by atoms with E-state index in [1.165, 1.54) is 0 Å². The highest BCUT2D eigenvalue weighted by Crippen LogP contribution is 2.24. The zero-order valence-electron chi connectivity index (χ0n) is 13.5. The molecule has 0 unspecified atom stereocenters. The van der Waals surface area contributed by atoms with E-state index in [1.807, 2.05) is 53.4 Å². The average Bonchev–Trinajstić information content (AvgIpc) is 3.08. The van der Waals surface area contributed by atoms with Crippen LogP contribution in [0.15, 0.2) is 53.1 Å². The van der Waals surface area contributed by atoms with Crippen LogP contribution < -0.4 is 4.74 Å². The van der Waals surface area contributed by atoms with Crippen LogP contribution in [0.4, 0.5) is 0 Å². The van der Waals surface area contributed by atoms with E-state index in [0.29, 0.717) is 29.4 Å². The maximum absolute atomic E-state index is 12.7. The summed E-state index contributed by atoms with van der Waals surface area (Å²) in [6.45, 7) is 1.27. The van der Waals surface area contributed by atoms with Crippen LogP contribution in [0.25, 0.3) is 11.0 Å². The van der Waals surface area contributed by atoms with Crippen molar-refractivity contribution in [1.29, 1.82) is 0 Å². The van der Waals surface area contributed by atoms with E-state index in [-0.39, 0.29) is 12.0 Å². The highest BCUT2D eigenvalue weighted by molar-refractivity contribution is 6.30. The van der Waals surface area contributed by atoms with Gasteiger partial charge in [-0.2, -0.15) is 0 Å². The van der Waals surface area contributed by atoms with Gasteiger partial charge in [0.2, 0.25) is 0 Å². The van der Waals surface area contributed by atoms with Crippen molar-refractivity contribution in [2.45, 2.75) is 18.9 Å². The number of hydrogen-bond donors (Lipinski definition) is 0. The average molecular weight is 357 g/mol. The topological polar surface area (TPSA) is 55.6 Å². The van der Waals surface area contributed by atoms with Crippen molar-refractivity contribution in [3.05, 3.63) is 59.2 Å². The summed E-state index contributed by atoms with van der Waals surface area (Å²) in [5, 5.41) is 5.40. The first-order valence-electron chi connectivity index (χ1n) is 8.26. The van der Waals surface area contributed by atoms with Crippen molar-refractivity contribution in [1.82, 2.24) is 10.1 Å². The van der Waals surface area contributed by atoms with Gasteiger partial charge in [-0.1, -0.05) is 28.9 Å². The van der Waals surface area contributed by atoms with Crippen molar-refractivity contribution in [3.8, 4) is 5.75 Å². The fourth-order valence-electron chi connectivity index (χ4n) is 3.07. The monoisotopic (exact) mass is 356 g/mol. The van der Waals surface area contributed by atoms with E-state index in [0.717, 1.165) is 24.0 Å². The van der Waals surface area contributed by atoms with Gasteiger partial charge in [-0.05, 0) is 36.4 Å². The molecule has 6 heteroatoms. The van der Waals surface area contributed by atoms with E-state index in [1.54, 1.807) is 0 Å². The van der Waals surface area contributed by atoms with Gasteiger partial charge in [0.25, 0.3) is 5.91 Å². The predicted molar refractivity (Wildman–Crippen MR) is 95.0 cm³/mol. The van der Waals surface area contributed by atoms with E-state index < -0.39 is 0 Å². The molecule has 1 fully saturated rings. The number of carbonyl (C=O) groups excluding carboxylic acids is 1. The molecular formula is C19H17ClN2O3. The molecule has 128 valence electrons. The Morgan fingerprint density at radius 2 is 1.84 bits per heavy atom. The van der Waals surface area contributed by atoms with Gasteiger partial charge in [-0.15, -0.1) is 0 Å². The zero-order chi connectivity index (χ0) is 17.2. The summed E-state index contributed by atoms with van der Waals surface area (Å²) in [5.41, 5.74) is 1.01. The minimum absolute atomic E-state index is 0.0881. The molecule has 1 saturated heterocycles. The third-order valence-corrected chi connectivity index (χ3v) is 4.68. The molecule has 0 N–H and O–H groups in total. The third-order valence-electron chi connectivity index (χ3n) is 4.43. The van der Waals surface area contributed by atoms with Crippen molar-refractivity contribution in [2.75, 3.05) is 13.1 Å². The smallest absolute Gasteiger partial charge is 0.276 e. The number of nitrogens with zero attached hydrogens (tertiary/aromatic N) is 2. The molecule has 0 radical (unpaired) electrons. The molecule has 0 saturated carbocycles. The first-order chi connectivity index (χ1) is 12.2. The quantitative estimate of drug-likeness (QED) is 0.707. The number of fused-ring (bicyclic) bond motifs is 1. The number of benzene rings is 2. The van der Waals surface area contributed by atoms with Crippen molar-refractivity contribution in [3.63, 3.8) is 0 Å². The Morgan fingerprint density at radius 3 is 2.60 bits per heavy atom. The van der Waals surface area contributed by atoms with Crippen LogP contribution in [0.3, 0.4) is 0 Å². The van der Waals surface area contributed by atoms with Gasteiger partial charge in [0.1, 0.15) is 11.9 Å². The summed E-state index contributed by atoms with van der Waals surface area (Å²) in [5.74, 6) is 0.714. The molecule has 1 aliphatic rings. The molecule has 0 bridgehead atoms. The van der Waals surface area contributed by atoms with Crippen LogP contribution in [0, 0.1) is 0 Å². The van der Waals surface area contributed by atoms with Crippen LogP contribution in [0.1, 0.15) is 23.3 Å². The molecule has 1 aliphatic heterocycles. The molecule has 4 rings (SSSR count). The van der Waals surface area contributed by atoms with Crippen molar-refractivity contribution >= 4 is 28.5 Å². The van der Waals surface area contributed by atoms with Crippen molar-refractivity contribution < 1.29 is 14.1 Å². The number of carbonyl (C=O) groups is 1. The van der Waals surface area contributed by atoms with Gasteiger partial charge in [-0.25, -0.2) is 0 Å². The number of amides is 1. The highest BCUT2D eigenvalue weighted by Gasteiger charge is 2.27. The Labute approximate surface area is 150 Å². The van der Waals surface area contributed by atoms with Gasteiger partial charge in [0.15, 0.2) is 11.3 Å². The van der Waals surface area contributed by atoms with E-state index in [4.69, 9.17) is 20.9 Å². The van der Waals surface area contributed by atoms with Gasteiger partial charge < -0.3 is 14.2 Å². The first kappa shape index (κ1) is 16.0. The van der Waals surface area contributed by atoms with Crippen LogP contribution in [0.2, 0.25) is 5.02 Å². The second-order valence-corrected chi connectivity index (χ2v) is 6.53. The summed E-state index contributed by atoms with van der Waals surface area (Å²) in [7, 11) is 0. The Hall–Kier alpha value is -2.53. The van der Waals surface area contributed by atoms with Gasteiger partial charge >= 0.3 is 0 Å². The van der Waals surface area contributed by atoms with Gasteiger partial charge in [0.05, 0.1) is 5.39 Å². The second kappa shape index (κ2) is 6.76. The molecule has 1 aromatic heterocycles. The summed E-state index contributed by atoms with van der Waals surface area (Å²) < 4.78 is 11.2. The number of piperidine rings is 1. The zero-order valence-corrected chi connectivity index (χ0v) is 14.3. The lowest BCUT2D eigenvalue weighted by atomic mass is 10.1. The molecule has 25 heavy (non-hydrogen) atoms. The lowest BCUT2D eigenvalue weighted by Gasteiger charge is -2.31. The fourth-order valence-corrected chi connectivity index (χ4v) is 3.20. The highest BCUT2D eigenvalue weighted by atomic mass is 35.5. The molecule has 3 aromatic rings. The summed E-state index contributed by atoms with van der Waals surface area (Å²) in [6, 6.07) is 14.8. The molecule has 0 atom stereocenters. The van der Waals surface area contributed by atoms with Gasteiger partial charge in [0, 0.05) is 31.0 Å². The van der Waals surface area contributed by atoms with Crippen LogP contribution >= 0.6 is 11.6 Å². The molecule has 2 heterocycles. The standard InChI is InChI=1S/C19H17ClN2O3/c20-13-5-7-14(8-6-13)24-15-9-11-22(12-10-15)19(23)18-16-3-1-2-4-17(16)25-21-18/h1-8,15H,9-12H2. The van der Waals surface area contributed by atoms with Crippen LogP contribution in [0.5, 0.6) is 5.75 Å². The van der Waals surface area contributed by atoms with Crippen molar-refractivity contribution in [2.24, 2.45) is 0 Å². The maximum atomic E-state index is 12.7. The lowest BCUT2D eigenvalue weighted by Crippen LogP contribution is -2.42. The molecule has 0 spiro atoms. The Morgan fingerprint density at radius 1 is 1.12 bits per heavy atom. The molecule has 5 nitrogen and oxygen atoms in total. The van der Waals surface area contributed by atoms with E-state index in [9.17, 15) is 4.79 Å². The van der Waals surface area contributed by atoms with E-state index in [2.05, 4.69) is 5.16 Å². The second-order valence-electron chi connectivity index (χ2n) is 6.09. The number of rotatable bonds is 3. The number of likely N-dealkylation sites (tertiary alicyclic amines) is 1. The molecular weight excluding hydrogens is 340 g/mol. The number of ether oxygens (including phenoxy) is 1. The third kappa shape index (κ3) is 3.33. The van der Waals surface area contributed by atoms with E-state index >= 15 is 0 Å². The number of para-hydroxylation sites is 1. The maximum Gasteiger partial charge on any atom is 0.276 e. The summed E-state index contributed by atoms with van der Waals surface area (Å²) in [6.07, 6.45) is 1.66. The lowest BCUT2D eigenvalue weighted by molar-refractivity contribution is 0.0588. The van der Waals surface area contributed by atoms with Crippen LogP contribution in [-0.2, 0) is 0 Å². The number of hydrogen-bond acceptors (Lipinski definition) is 4. The minimum Gasteiger partial charge on any atom is -0.490 e. The van der Waals surface area contributed by atoms with Gasteiger partial charge in [-0.3, -0.25) is 4.79 Å². The normalized spacial score (nSPS) is 15.5. The fraction of sp³-hybridized carbons (Fsp3) is 0.263. The Bertz CT molecular complexity index is 883. The first-order valence-corrected chi connectivity index (χ1v) is 8.64. The Kier molecular flexibility index (Phi) is 4.32. The predicted octanol–water partition coefficient (Wildman–Crippen LogP) is 4.16. The molecule has 1 amide bonds. The Balaban J connectivity index is 1.39. The van der Waals surface area contributed by atoms with Crippen LogP contribution in [-0.4, -0.2) is 35.2 Å². The largest absolute Gasteiger partial charge is 0.490 e. The summed E-state index contributed by atoms with van der Waals surface area (Å²) in [4.78, 5) is 14.5. The molecule has 0 aliphatic carbocycles. The summed E-state index contributed by atoms with van der Waals surface area (Å²) >= 11 is 5.89. The molecule has 2 aromatic carbocycles. The number of halogens is 1.